The van der Waals surface area contributed by atoms with E-state index in [0.29, 0.717) is 5.75 Å². The maximum Gasteiger partial charge on any atom is 0.303 e. The monoisotopic (exact) mass is 611 g/mol. The van der Waals surface area contributed by atoms with Crippen LogP contribution in [-0.2, 0) is 42.9 Å². The number of fused-ring (bicyclic) bond motifs is 1. The van der Waals surface area contributed by atoms with E-state index in [0.717, 1.165) is 32.0 Å². The van der Waals surface area contributed by atoms with Gasteiger partial charge in [-0.05, 0) is 42.0 Å². The summed E-state index contributed by atoms with van der Waals surface area (Å²) in [6.07, 6.45) is -5.15. The highest BCUT2D eigenvalue weighted by atomic mass is 16.7. The molecule has 2 aliphatic heterocycles. The molecule has 1 fully saturated rings. The van der Waals surface area contributed by atoms with Crippen molar-refractivity contribution >= 4 is 41.4 Å². The standard InChI is InChI=1S/C31H33NO12/c1-16(33)38-15-26-28(39-17(2)34)29(40-18(3)35)30(41-19(4)36)31(44-26)42-22-11-12-24-23(14-22)27(37)25(43-24)13-20-7-9-21(10-8-20)32(5)6/h7-14,26,28-31H,15H2,1-6H3/b25-13-. The molecule has 0 aromatic heterocycles. The smallest absolute Gasteiger partial charge is 0.303 e. The van der Waals surface area contributed by atoms with Crippen LogP contribution in [0.5, 0.6) is 11.5 Å². The molecule has 2 aromatic rings. The van der Waals surface area contributed by atoms with E-state index in [2.05, 4.69) is 0 Å². The summed E-state index contributed by atoms with van der Waals surface area (Å²) in [5, 5.41) is 0. The van der Waals surface area contributed by atoms with Crippen molar-refractivity contribution in [1.29, 1.82) is 0 Å². The fraction of sp³-hybridized carbons (Fsp3) is 0.387. The van der Waals surface area contributed by atoms with Crippen LogP contribution in [0.25, 0.3) is 6.08 Å². The molecule has 234 valence electrons. The summed E-state index contributed by atoms with van der Waals surface area (Å²) in [4.78, 5) is 62.8. The lowest BCUT2D eigenvalue weighted by atomic mass is 9.98. The minimum absolute atomic E-state index is 0.113. The van der Waals surface area contributed by atoms with Crippen molar-refractivity contribution in [3.8, 4) is 11.5 Å². The summed E-state index contributed by atoms with van der Waals surface area (Å²) < 4.78 is 39.1. The largest absolute Gasteiger partial charge is 0.463 e. The van der Waals surface area contributed by atoms with Gasteiger partial charge in [0, 0.05) is 47.5 Å². The van der Waals surface area contributed by atoms with Crippen LogP contribution < -0.4 is 14.4 Å². The number of carbonyl (C=O) groups is 5. The Hall–Kier alpha value is -4.91. The Morgan fingerprint density at radius 3 is 2.02 bits per heavy atom. The Kier molecular flexibility index (Phi) is 9.89. The van der Waals surface area contributed by atoms with Crippen molar-refractivity contribution in [2.75, 3.05) is 25.6 Å². The molecule has 13 heteroatoms. The minimum atomic E-state index is -1.45. The lowest BCUT2D eigenvalue weighted by Gasteiger charge is -2.43. The van der Waals surface area contributed by atoms with Gasteiger partial charge in [-0.25, -0.2) is 0 Å². The molecule has 1 saturated heterocycles. The number of carbonyl (C=O) groups excluding carboxylic acids is 5. The first-order valence-electron chi connectivity index (χ1n) is 13.6. The molecule has 13 nitrogen and oxygen atoms in total. The van der Waals surface area contributed by atoms with Gasteiger partial charge in [-0.15, -0.1) is 0 Å². The number of rotatable bonds is 9. The first-order valence-corrected chi connectivity index (χ1v) is 13.6. The molecule has 4 rings (SSSR count). The van der Waals surface area contributed by atoms with E-state index < -0.39 is 61.2 Å². The highest BCUT2D eigenvalue weighted by molar-refractivity contribution is 6.14. The van der Waals surface area contributed by atoms with Gasteiger partial charge in [0.15, 0.2) is 18.0 Å². The van der Waals surface area contributed by atoms with Gasteiger partial charge in [-0.2, -0.15) is 0 Å². The van der Waals surface area contributed by atoms with Crippen LogP contribution in [0.15, 0.2) is 48.2 Å². The maximum atomic E-state index is 13.2. The average Bonchev–Trinajstić information content (AvgIpc) is 3.24. The summed E-state index contributed by atoms with van der Waals surface area (Å²) in [6, 6.07) is 12.0. The first-order chi connectivity index (χ1) is 20.8. The molecule has 2 aliphatic rings. The van der Waals surface area contributed by atoms with E-state index in [1.807, 2.05) is 43.3 Å². The molecule has 0 bridgehead atoms. The molecular formula is C31H33NO12. The Morgan fingerprint density at radius 1 is 0.818 bits per heavy atom. The maximum absolute atomic E-state index is 13.2. The van der Waals surface area contributed by atoms with Crippen LogP contribution >= 0.6 is 0 Å². The second-order valence-electron chi connectivity index (χ2n) is 10.3. The number of nitrogens with zero attached hydrogens (tertiary/aromatic N) is 1. The number of esters is 4. The fourth-order valence-corrected chi connectivity index (χ4v) is 4.68. The van der Waals surface area contributed by atoms with Gasteiger partial charge in [0.2, 0.25) is 18.2 Å². The molecule has 44 heavy (non-hydrogen) atoms. The molecule has 0 aliphatic carbocycles. The molecule has 5 unspecified atom stereocenters. The third-order valence-electron chi connectivity index (χ3n) is 6.55. The van der Waals surface area contributed by atoms with Crippen molar-refractivity contribution in [3.05, 3.63) is 59.4 Å². The van der Waals surface area contributed by atoms with Crippen LogP contribution in [0.3, 0.4) is 0 Å². The van der Waals surface area contributed by atoms with Crippen LogP contribution in [0, 0.1) is 0 Å². The molecule has 0 amide bonds. The number of benzene rings is 2. The van der Waals surface area contributed by atoms with Gasteiger partial charge in [0.05, 0.1) is 5.56 Å². The summed E-state index contributed by atoms with van der Waals surface area (Å²) >= 11 is 0. The second kappa shape index (κ2) is 13.6. The number of allylic oxidation sites excluding steroid dienone is 1. The number of hydrogen-bond donors (Lipinski definition) is 0. The van der Waals surface area contributed by atoms with E-state index in [1.54, 1.807) is 6.08 Å². The third-order valence-corrected chi connectivity index (χ3v) is 6.55. The van der Waals surface area contributed by atoms with Crippen LogP contribution in [0.2, 0.25) is 0 Å². The van der Waals surface area contributed by atoms with Gasteiger partial charge < -0.3 is 38.1 Å². The normalized spacial score (nSPS) is 23.2. The molecular weight excluding hydrogens is 578 g/mol. The van der Waals surface area contributed by atoms with Gasteiger partial charge >= 0.3 is 23.9 Å². The highest BCUT2D eigenvalue weighted by Gasteiger charge is 2.53. The van der Waals surface area contributed by atoms with Gasteiger partial charge in [-0.3, -0.25) is 24.0 Å². The van der Waals surface area contributed by atoms with E-state index >= 15 is 0 Å². The van der Waals surface area contributed by atoms with E-state index in [9.17, 15) is 24.0 Å². The average molecular weight is 612 g/mol. The topological polar surface area (TPSA) is 153 Å². The zero-order valence-corrected chi connectivity index (χ0v) is 25.1. The van der Waals surface area contributed by atoms with Crippen molar-refractivity contribution < 1.29 is 57.1 Å². The summed E-state index contributed by atoms with van der Waals surface area (Å²) in [7, 11) is 3.85. The number of hydrogen-bond acceptors (Lipinski definition) is 13. The predicted octanol–water partition coefficient (Wildman–Crippen LogP) is 2.83. The van der Waals surface area contributed by atoms with Crippen molar-refractivity contribution in [2.45, 2.75) is 58.4 Å². The Bertz CT molecular complexity index is 1460. The lowest BCUT2D eigenvalue weighted by Crippen LogP contribution is -2.63. The predicted molar refractivity (Wildman–Crippen MR) is 153 cm³/mol. The highest BCUT2D eigenvalue weighted by Crippen LogP contribution is 2.37. The molecule has 2 heterocycles. The first kappa shape index (κ1) is 32.0. The Morgan fingerprint density at radius 2 is 1.43 bits per heavy atom. The van der Waals surface area contributed by atoms with Gasteiger partial charge in [0.1, 0.15) is 24.2 Å². The SMILES string of the molecule is CC(=O)OCC1OC(Oc2ccc3c(c2)C(=O)/C(=C/c2ccc(N(C)C)cc2)O3)C(OC(C)=O)C(OC(C)=O)C1OC(C)=O. The number of ketones is 1. The van der Waals surface area contributed by atoms with Crippen LogP contribution in [0.4, 0.5) is 5.69 Å². The van der Waals surface area contributed by atoms with Crippen LogP contribution in [0.1, 0.15) is 43.6 Å². The Labute approximate surface area is 253 Å². The Balaban J connectivity index is 1.62. The van der Waals surface area contributed by atoms with Crippen molar-refractivity contribution in [2.24, 2.45) is 0 Å². The second-order valence-corrected chi connectivity index (χ2v) is 10.3. The van der Waals surface area contributed by atoms with Gasteiger partial charge in [-0.1, -0.05) is 12.1 Å². The van der Waals surface area contributed by atoms with Crippen molar-refractivity contribution in [1.82, 2.24) is 0 Å². The van der Waals surface area contributed by atoms with Crippen LogP contribution in [-0.4, -0.2) is 81.1 Å². The van der Waals surface area contributed by atoms with Gasteiger partial charge in [0.25, 0.3) is 0 Å². The lowest BCUT2D eigenvalue weighted by molar-refractivity contribution is -0.288. The zero-order valence-electron chi connectivity index (χ0n) is 25.1. The molecule has 5 atom stereocenters. The van der Waals surface area contributed by atoms with E-state index in [4.69, 9.17) is 33.2 Å². The quantitative estimate of drug-likeness (QED) is 0.232. The molecule has 0 N–H and O–H groups in total. The number of Topliss-reactive ketones (excluding diaryl/α,β-unsaturated/α-hetero) is 1. The summed E-state index contributed by atoms with van der Waals surface area (Å²) in [5.74, 6) is -2.78. The zero-order chi connectivity index (χ0) is 32.1. The number of ether oxygens (including phenoxy) is 7. The molecule has 2 aromatic carbocycles. The van der Waals surface area contributed by atoms with Crippen molar-refractivity contribution in [3.63, 3.8) is 0 Å². The fourth-order valence-electron chi connectivity index (χ4n) is 4.68. The van der Waals surface area contributed by atoms with E-state index in [-0.39, 0.29) is 22.9 Å². The van der Waals surface area contributed by atoms with E-state index in [1.165, 1.54) is 25.1 Å². The summed E-state index contributed by atoms with van der Waals surface area (Å²) in [5.41, 5.74) is 1.98. The molecule has 0 saturated carbocycles. The molecule has 0 radical (unpaired) electrons. The third kappa shape index (κ3) is 7.72. The minimum Gasteiger partial charge on any atom is -0.463 e. The molecule has 0 spiro atoms. The number of anilines is 1. The summed E-state index contributed by atoms with van der Waals surface area (Å²) in [6.45, 7) is 4.14.